The minimum atomic E-state index is -0.178. The Labute approximate surface area is 357 Å². The summed E-state index contributed by atoms with van der Waals surface area (Å²) in [4.78, 5) is 4.67. The van der Waals surface area contributed by atoms with Crippen molar-refractivity contribution in [2.75, 3.05) is 7.05 Å². The molecule has 0 aliphatic heterocycles. The van der Waals surface area contributed by atoms with E-state index in [1.807, 2.05) is 6.07 Å². The predicted molar refractivity (Wildman–Crippen MR) is 263 cm³/mol. The van der Waals surface area contributed by atoms with E-state index >= 15 is 0 Å². The van der Waals surface area contributed by atoms with Crippen LogP contribution in [0.25, 0.3) is 82.1 Å². The third kappa shape index (κ3) is 7.48. The van der Waals surface area contributed by atoms with Gasteiger partial charge < -0.3 is 10.3 Å². The second kappa shape index (κ2) is 17.3. The number of aryl methyl sites for hydroxylation is 1. The Balaban J connectivity index is 0.000000190. The summed E-state index contributed by atoms with van der Waals surface area (Å²) in [6, 6.07) is 77.8. The maximum Gasteiger partial charge on any atom is 0.0993 e. The molecule has 3 heteroatoms. The Morgan fingerprint density at radius 2 is 0.820 bits per heavy atom. The number of benzene rings is 10. The van der Waals surface area contributed by atoms with E-state index in [4.69, 9.17) is 0 Å². The zero-order chi connectivity index (χ0) is 41.7. The first-order valence-electron chi connectivity index (χ1n) is 20.8. The molecule has 0 saturated carbocycles. The van der Waals surface area contributed by atoms with Crippen LogP contribution in [0.5, 0.6) is 0 Å². The molecule has 1 atom stereocenters. The van der Waals surface area contributed by atoms with Crippen LogP contribution in [0.3, 0.4) is 0 Å². The van der Waals surface area contributed by atoms with Gasteiger partial charge in [-0.3, -0.25) is 4.99 Å². The number of para-hydroxylation sites is 2. The number of rotatable bonds is 6. The van der Waals surface area contributed by atoms with Gasteiger partial charge in [0, 0.05) is 16.5 Å². The molecule has 1 unspecified atom stereocenters. The fraction of sp³-hybridized carbons (Fsp3) is 0.0517. The highest BCUT2D eigenvalue weighted by Crippen LogP contribution is 2.39. The van der Waals surface area contributed by atoms with E-state index in [-0.39, 0.29) is 6.04 Å². The summed E-state index contributed by atoms with van der Waals surface area (Å²) in [5.74, 6) is 0. The van der Waals surface area contributed by atoms with Crippen molar-refractivity contribution < 1.29 is 0 Å². The molecule has 0 saturated heterocycles. The van der Waals surface area contributed by atoms with Crippen molar-refractivity contribution in [1.29, 1.82) is 0 Å². The monoisotopic (exact) mass is 785 g/mol. The van der Waals surface area contributed by atoms with Crippen molar-refractivity contribution in [2.24, 2.45) is 10.7 Å². The average Bonchev–Trinajstić information content (AvgIpc) is 3.68. The van der Waals surface area contributed by atoms with E-state index in [0.717, 1.165) is 16.8 Å². The molecule has 11 rings (SSSR count). The van der Waals surface area contributed by atoms with Crippen LogP contribution >= 0.6 is 0 Å². The Hall–Kier alpha value is -7.59. The summed E-state index contributed by atoms with van der Waals surface area (Å²) in [6.07, 6.45) is 0. The van der Waals surface area contributed by atoms with Crippen LogP contribution in [0.15, 0.2) is 223 Å². The van der Waals surface area contributed by atoms with Crippen LogP contribution in [0.2, 0.25) is 0 Å². The standard InChI is InChI=1S/C38H26N2.C19H16.CH5N/c1-39-38(26-21-22-32-30-15-3-2-13-28(30)29-14-4-5-16-31(29)35(32)24-26)25-11-10-12-27(23-25)40-36-19-8-6-17-33(36)34-18-7-9-20-37(34)40;1-15-7-5-10-17(13-15)19-12-6-11-18(14-19)16-8-3-2-4-9-16;1-2/h2-24,38H,1H2;2-14H,1H3;2H2,1H3. The first-order valence-corrected chi connectivity index (χ1v) is 20.8. The maximum atomic E-state index is 4.67. The second-order valence-corrected chi connectivity index (χ2v) is 15.3. The topological polar surface area (TPSA) is 43.3 Å². The fourth-order valence-electron chi connectivity index (χ4n) is 8.87. The van der Waals surface area contributed by atoms with Crippen LogP contribution in [-0.2, 0) is 0 Å². The van der Waals surface area contributed by atoms with Gasteiger partial charge in [0.15, 0.2) is 0 Å². The Bertz CT molecular complexity index is 3230. The number of hydrogen-bond donors (Lipinski definition) is 1. The quantitative estimate of drug-likeness (QED) is 0.132. The molecule has 10 aromatic carbocycles. The number of fused-ring (bicyclic) bond motifs is 9. The van der Waals surface area contributed by atoms with Gasteiger partial charge in [0.25, 0.3) is 0 Å². The third-order valence-electron chi connectivity index (χ3n) is 11.6. The summed E-state index contributed by atoms with van der Waals surface area (Å²) in [7, 11) is 1.50. The Kier molecular flexibility index (Phi) is 11.1. The zero-order valence-electron chi connectivity index (χ0n) is 34.5. The minimum absolute atomic E-state index is 0.178. The van der Waals surface area contributed by atoms with Gasteiger partial charge in [-0.15, -0.1) is 0 Å². The highest BCUT2D eigenvalue weighted by molar-refractivity contribution is 6.25. The van der Waals surface area contributed by atoms with Gasteiger partial charge in [-0.1, -0.05) is 188 Å². The van der Waals surface area contributed by atoms with E-state index in [0.29, 0.717) is 0 Å². The van der Waals surface area contributed by atoms with E-state index in [2.05, 4.69) is 241 Å². The lowest BCUT2D eigenvalue weighted by Gasteiger charge is -2.17. The molecule has 0 amide bonds. The number of nitrogens with two attached hydrogens (primary N) is 1. The first kappa shape index (κ1) is 38.9. The van der Waals surface area contributed by atoms with Crippen LogP contribution in [0.4, 0.5) is 0 Å². The van der Waals surface area contributed by atoms with Crippen molar-refractivity contribution >= 4 is 60.8 Å². The van der Waals surface area contributed by atoms with Crippen molar-refractivity contribution in [1.82, 2.24) is 4.57 Å². The third-order valence-corrected chi connectivity index (χ3v) is 11.6. The molecule has 61 heavy (non-hydrogen) atoms. The van der Waals surface area contributed by atoms with Crippen LogP contribution < -0.4 is 5.73 Å². The molecule has 0 radical (unpaired) electrons. The fourth-order valence-corrected chi connectivity index (χ4v) is 8.87. The number of aromatic nitrogens is 1. The molecular formula is C58H47N3. The first-order chi connectivity index (χ1) is 30.1. The highest BCUT2D eigenvalue weighted by Gasteiger charge is 2.17. The van der Waals surface area contributed by atoms with Gasteiger partial charge >= 0.3 is 0 Å². The van der Waals surface area contributed by atoms with E-state index in [9.17, 15) is 0 Å². The minimum Gasteiger partial charge on any atom is -0.333 e. The van der Waals surface area contributed by atoms with E-state index in [1.165, 1.54) is 89.0 Å². The van der Waals surface area contributed by atoms with Crippen LogP contribution in [-0.4, -0.2) is 18.3 Å². The summed E-state index contributed by atoms with van der Waals surface area (Å²) < 4.78 is 2.36. The van der Waals surface area contributed by atoms with E-state index < -0.39 is 0 Å². The highest BCUT2D eigenvalue weighted by atomic mass is 15.0. The summed E-state index contributed by atoms with van der Waals surface area (Å²) in [5.41, 5.74) is 16.7. The zero-order valence-corrected chi connectivity index (χ0v) is 34.5. The number of aliphatic imine (C=N–C) groups is 1. The lowest BCUT2D eigenvalue weighted by Crippen LogP contribution is -2.01. The molecule has 0 aliphatic rings. The predicted octanol–water partition coefficient (Wildman–Crippen LogP) is 14.9. The molecule has 0 spiro atoms. The smallest absolute Gasteiger partial charge is 0.0993 e. The van der Waals surface area contributed by atoms with Crippen molar-refractivity contribution in [3.63, 3.8) is 0 Å². The average molecular weight is 786 g/mol. The largest absolute Gasteiger partial charge is 0.333 e. The van der Waals surface area contributed by atoms with Gasteiger partial charge in [0.1, 0.15) is 0 Å². The van der Waals surface area contributed by atoms with Crippen molar-refractivity contribution in [2.45, 2.75) is 13.0 Å². The van der Waals surface area contributed by atoms with Gasteiger partial charge in [0.05, 0.1) is 17.1 Å². The van der Waals surface area contributed by atoms with Crippen molar-refractivity contribution in [3.05, 3.63) is 235 Å². The van der Waals surface area contributed by atoms with Gasteiger partial charge in [-0.05, 0) is 123 Å². The lowest BCUT2D eigenvalue weighted by atomic mass is 9.91. The second-order valence-electron chi connectivity index (χ2n) is 15.3. The summed E-state index contributed by atoms with van der Waals surface area (Å²) in [5, 5.41) is 10.1. The van der Waals surface area contributed by atoms with Crippen LogP contribution in [0.1, 0.15) is 22.7 Å². The molecule has 1 aromatic heterocycles. The molecule has 0 aliphatic carbocycles. The van der Waals surface area contributed by atoms with Gasteiger partial charge in [-0.2, -0.15) is 0 Å². The molecule has 11 aromatic rings. The van der Waals surface area contributed by atoms with Gasteiger partial charge in [-0.25, -0.2) is 0 Å². The molecule has 294 valence electrons. The molecular weight excluding hydrogens is 739 g/mol. The molecule has 0 bridgehead atoms. The maximum absolute atomic E-state index is 4.67. The molecule has 2 N–H and O–H groups in total. The SMILES string of the molecule is C=NC(c1cccc(-n2c3ccccc3c3ccccc32)c1)c1ccc2c3ccccc3c3ccccc3c2c1.CN.Cc1cccc(-c2cccc(-c3ccccc3)c2)c1. The Morgan fingerprint density at radius 1 is 0.377 bits per heavy atom. The number of hydrogen-bond acceptors (Lipinski definition) is 2. The lowest BCUT2D eigenvalue weighted by molar-refractivity contribution is 0.881. The van der Waals surface area contributed by atoms with Gasteiger partial charge in [0.2, 0.25) is 0 Å². The van der Waals surface area contributed by atoms with Crippen LogP contribution in [0, 0.1) is 6.92 Å². The summed E-state index contributed by atoms with van der Waals surface area (Å²) >= 11 is 0. The molecule has 0 fully saturated rings. The molecule has 3 nitrogen and oxygen atoms in total. The van der Waals surface area contributed by atoms with Crippen molar-refractivity contribution in [3.8, 4) is 27.9 Å². The summed E-state index contributed by atoms with van der Waals surface area (Å²) in [6.45, 7) is 6.17. The Morgan fingerprint density at radius 3 is 1.41 bits per heavy atom. The van der Waals surface area contributed by atoms with E-state index in [1.54, 1.807) is 0 Å². The number of nitrogens with zero attached hydrogens (tertiary/aromatic N) is 2. The molecule has 1 heterocycles. The normalized spacial score (nSPS) is 11.5.